The number of hydrogen-bond donors (Lipinski definition) is 1. The van der Waals surface area contributed by atoms with Gasteiger partial charge < -0.3 is 5.32 Å². The van der Waals surface area contributed by atoms with E-state index in [9.17, 15) is 4.79 Å². The van der Waals surface area contributed by atoms with Crippen molar-refractivity contribution in [1.82, 2.24) is 9.38 Å². The summed E-state index contributed by atoms with van der Waals surface area (Å²) in [7, 11) is 0. The molecule has 1 N–H and O–H groups in total. The molecule has 0 unspecified atom stereocenters. The number of anilines is 1. The Balaban J connectivity index is 1.82. The first kappa shape index (κ1) is 12.6. The van der Waals surface area contributed by atoms with E-state index < -0.39 is 0 Å². The number of benzene rings is 1. The van der Waals surface area contributed by atoms with Crippen molar-refractivity contribution >= 4 is 27.9 Å². The van der Waals surface area contributed by atoms with Crippen molar-refractivity contribution in [2.75, 3.05) is 5.32 Å². The fourth-order valence-corrected chi connectivity index (χ4v) is 2.63. The second-order valence-corrected chi connectivity index (χ2v) is 5.16. The molecule has 3 rings (SSSR count). The van der Waals surface area contributed by atoms with Gasteiger partial charge >= 0.3 is 0 Å². The van der Waals surface area contributed by atoms with Crippen LogP contribution in [-0.2, 0) is 4.79 Å². The lowest BCUT2D eigenvalue weighted by molar-refractivity contribution is -0.111. The second kappa shape index (κ2) is 5.30. The Morgan fingerprint density at radius 3 is 2.85 bits per heavy atom. The summed E-state index contributed by atoms with van der Waals surface area (Å²) < 4.78 is 2.00. The Morgan fingerprint density at radius 1 is 1.35 bits per heavy atom. The molecule has 0 radical (unpaired) electrons. The average molecular weight is 283 g/mol. The molecule has 100 valence electrons. The van der Waals surface area contributed by atoms with Gasteiger partial charge in [-0.15, -0.1) is 11.3 Å². The molecule has 4 nitrogen and oxygen atoms in total. The summed E-state index contributed by atoms with van der Waals surface area (Å²) in [4.78, 5) is 17.0. The Morgan fingerprint density at radius 2 is 2.15 bits per heavy atom. The molecule has 0 saturated heterocycles. The normalized spacial score (nSPS) is 11.2. The Labute approximate surface area is 120 Å². The average Bonchev–Trinajstić information content (AvgIpc) is 3.00. The number of allylic oxidation sites excluding steroid dienone is 1. The summed E-state index contributed by atoms with van der Waals surface area (Å²) in [5.41, 5.74) is 2.74. The van der Waals surface area contributed by atoms with Gasteiger partial charge in [-0.3, -0.25) is 9.20 Å². The van der Waals surface area contributed by atoms with Crippen LogP contribution in [0.2, 0.25) is 0 Å². The highest BCUT2D eigenvalue weighted by molar-refractivity contribution is 7.15. The highest BCUT2D eigenvalue weighted by Gasteiger charge is 2.05. The first-order valence-corrected chi connectivity index (χ1v) is 7.10. The van der Waals surface area contributed by atoms with Gasteiger partial charge in [0, 0.05) is 29.0 Å². The predicted molar refractivity (Wildman–Crippen MR) is 81.9 cm³/mol. The molecule has 1 aromatic carbocycles. The Kier molecular flexibility index (Phi) is 3.35. The summed E-state index contributed by atoms with van der Waals surface area (Å²) in [5, 5.41) is 4.80. The van der Waals surface area contributed by atoms with E-state index >= 15 is 0 Å². The van der Waals surface area contributed by atoms with Gasteiger partial charge in [0.2, 0.25) is 5.91 Å². The second-order valence-electron chi connectivity index (χ2n) is 4.29. The first-order chi connectivity index (χ1) is 9.76. The van der Waals surface area contributed by atoms with Crippen molar-refractivity contribution in [3.8, 4) is 11.3 Å². The maximum atomic E-state index is 11.4. The highest BCUT2D eigenvalue weighted by atomic mass is 32.1. The molecule has 0 aliphatic heterocycles. The minimum atomic E-state index is -0.122. The van der Waals surface area contributed by atoms with Gasteiger partial charge in [0.25, 0.3) is 0 Å². The predicted octanol–water partition coefficient (Wildman–Crippen LogP) is 3.58. The van der Waals surface area contributed by atoms with Crippen LogP contribution >= 0.6 is 11.3 Å². The lowest BCUT2D eigenvalue weighted by atomic mass is 10.1. The van der Waals surface area contributed by atoms with Gasteiger partial charge in [-0.25, -0.2) is 4.98 Å². The molecular formula is C15H13N3OS. The van der Waals surface area contributed by atoms with Crippen LogP contribution in [0, 0.1) is 0 Å². The molecule has 20 heavy (non-hydrogen) atoms. The molecule has 3 aromatic rings. The zero-order valence-electron chi connectivity index (χ0n) is 10.9. The molecular weight excluding hydrogens is 270 g/mol. The van der Waals surface area contributed by atoms with Crippen molar-refractivity contribution in [3.05, 3.63) is 54.2 Å². The van der Waals surface area contributed by atoms with Crippen LogP contribution in [-0.4, -0.2) is 15.3 Å². The highest BCUT2D eigenvalue weighted by Crippen LogP contribution is 2.22. The lowest BCUT2D eigenvalue weighted by Crippen LogP contribution is -2.07. The summed E-state index contributed by atoms with van der Waals surface area (Å²) in [5.74, 6) is -0.122. The van der Waals surface area contributed by atoms with Gasteiger partial charge in [-0.2, -0.15) is 0 Å². The van der Waals surface area contributed by atoms with Gasteiger partial charge in [0.15, 0.2) is 4.96 Å². The minimum Gasteiger partial charge on any atom is -0.323 e. The monoisotopic (exact) mass is 283 g/mol. The number of nitrogens with zero attached hydrogens (tertiary/aromatic N) is 2. The summed E-state index contributed by atoms with van der Waals surface area (Å²) >= 11 is 1.61. The number of rotatable bonds is 3. The van der Waals surface area contributed by atoms with E-state index in [0.717, 1.165) is 21.9 Å². The Bertz CT molecular complexity index is 739. The van der Waals surface area contributed by atoms with Gasteiger partial charge in [0.1, 0.15) is 0 Å². The summed E-state index contributed by atoms with van der Waals surface area (Å²) in [6.07, 6.45) is 7.19. The maximum Gasteiger partial charge on any atom is 0.248 e. The molecule has 0 aliphatic rings. The number of amides is 1. The topological polar surface area (TPSA) is 46.4 Å². The van der Waals surface area contributed by atoms with Crippen molar-refractivity contribution in [1.29, 1.82) is 0 Å². The molecule has 0 spiro atoms. The number of nitrogens with one attached hydrogen (secondary N) is 1. The molecule has 2 heterocycles. The number of carbonyl (C=O) groups excluding carboxylic acids is 1. The molecule has 0 aliphatic carbocycles. The SMILES string of the molecule is C/C=C/C(=O)Nc1ccc(-c2cn3ccsc3n2)cc1. The van der Waals surface area contributed by atoms with Gasteiger partial charge in [0.05, 0.1) is 5.69 Å². The zero-order chi connectivity index (χ0) is 13.9. The van der Waals surface area contributed by atoms with Crippen molar-refractivity contribution < 1.29 is 4.79 Å². The number of fused-ring (bicyclic) bond motifs is 1. The van der Waals surface area contributed by atoms with Crippen molar-refractivity contribution in [3.63, 3.8) is 0 Å². The molecule has 0 atom stereocenters. The van der Waals surface area contributed by atoms with Gasteiger partial charge in [-0.05, 0) is 25.1 Å². The summed E-state index contributed by atoms with van der Waals surface area (Å²) in [6, 6.07) is 7.67. The fraction of sp³-hybridized carbons (Fsp3) is 0.0667. The molecule has 1 amide bonds. The van der Waals surface area contributed by atoms with E-state index in [1.807, 2.05) is 53.4 Å². The van der Waals surface area contributed by atoms with Crippen LogP contribution < -0.4 is 5.32 Å². The van der Waals surface area contributed by atoms with Crippen LogP contribution in [0.5, 0.6) is 0 Å². The largest absolute Gasteiger partial charge is 0.323 e. The smallest absolute Gasteiger partial charge is 0.248 e. The number of hydrogen-bond acceptors (Lipinski definition) is 3. The van der Waals surface area contributed by atoms with E-state index in [2.05, 4.69) is 10.3 Å². The maximum absolute atomic E-state index is 11.4. The van der Waals surface area contributed by atoms with Crippen molar-refractivity contribution in [2.45, 2.75) is 6.92 Å². The van der Waals surface area contributed by atoms with Crippen LogP contribution in [0.3, 0.4) is 0 Å². The molecule has 5 heteroatoms. The van der Waals surface area contributed by atoms with E-state index in [-0.39, 0.29) is 5.91 Å². The third kappa shape index (κ3) is 2.48. The molecule has 0 bridgehead atoms. The van der Waals surface area contributed by atoms with E-state index in [1.165, 1.54) is 6.08 Å². The molecule has 2 aromatic heterocycles. The van der Waals surface area contributed by atoms with Gasteiger partial charge in [-0.1, -0.05) is 18.2 Å². The third-order valence-corrected chi connectivity index (χ3v) is 3.63. The van der Waals surface area contributed by atoms with Crippen molar-refractivity contribution in [2.24, 2.45) is 0 Å². The van der Waals surface area contributed by atoms with E-state index in [1.54, 1.807) is 17.4 Å². The van der Waals surface area contributed by atoms with E-state index in [4.69, 9.17) is 0 Å². The quantitative estimate of drug-likeness (QED) is 0.747. The van der Waals surface area contributed by atoms with Crippen LogP contribution in [0.25, 0.3) is 16.2 Å². The standard InChI is InChI=1S/C15H13N3OS/c1-2-3-14(19)16-12-6-4-11(5-7-12)13-10-18-8-9-20-15(18)17-13/h2-10H,1H3,(H,16,19)/b3-2+. The van der Waals surface area contributed by atoms with E-state index in [0.29, 0.717) is 0 Å². The first-order valence-electron chi connectivity index (χ1n) is 6.22. The zero-order valence-corrected chi connectivity index (χ0v) is 11.7. The number of carbonyl (C=O) groups is 1. The number of imidazole rings is 1. The minimum absolute atomic E-state index is 0.122. The van der Waals surface area contributed by atoms with Crippen LogP contribution in [0.4, 0.5) is 5.69 Å². The third-order valence-electron chi connectivity index (χ3n) is 2.86. The fourth-order valence-electron chi connectivity index (χ4n) is 1.93. The Hall–Kier alpha value is -2.40. The van der Waals surface area contributed by atoms with Crippen LogP contribution in [0.15, 0.2) is 54.2 Å². The summed E-state index contributed by atoms with van der Waals surface area (Å²) in [6.45, 7) is 1.81. The number of thiazole rings is 1. The lowest BCUT2D eigenvalue weighted by Gasteiger charge is -2.03. The van der Waals surface area contributed by atoms with Crippen LogP contribution in [0.1, 0.15) is 6.92 Å². The molecule has 0 saturated carbocycles. The molecule has 0 fully saturated rings. The number of aromatic nitrogens is 2.